The van der Waals surface area contributed by atoms with Crippen molar-refractivity contribution in [2.24, 2.45) is 0 Å². The maximum absolute atomic E-state index is 13.0. The number of amides is 1. The molecule has 152 valence electrons. The van der Waals surface area contributed by atoms with Crippen molar-refractivity contribution in [1.82, 2.24) is 19.4 Å². The molecule has 10 heteroatoms. The number of aromatic amines is 1. The van der Waals surface area contributed by atoms with E-state index < -0.39 is 10.0 Å². The summed E-state index contributed by atoms with van der Waals surface area (Å²) in [6, 6.07) is 10.6. The largest absolute Gasteiger partial charge is 0.336 e. The fraction of sp³-hybridized carbons (Fsp3) is 0.263. The Bertz CT molecular complexity index is 1130. The van der Waals surface area contributed by atoms with Crippen molar-refractivity contribution in [2.75, 3.05) is 26.2 Å². The van der Waals surface area contributed by atoms with Gasteiger partial charge in [0, 0.05) is 41.6 Å². The number of rotatable bonds is 4. The summed E-state index contributed by atoms with van der Waals surface area (Å²) in [4.78, 5) is 15.6. The third-order valence-corrected chi connectivity index (χ3v) is 8.46. The molecule has 0 saturated carbocycles. The van der Waals surface area contributed by atoms with Crippen LogP contribution in [0.25, 0.3) is 11.3 Å². The van der Waals surface area contributed by atoms with Gasteiger partial charge >= 0.3 is 0 Å². The van der Waals surface area contributed by atoms with Gasteiger partial charge in [-0.3, -0.25) is 9.89 Å². The van der Waals surface area contributed by atoms with Gasteiger partial charge < -0.3 is 4.90 Å². The summed E-state index contributed by atoms with van der Waals surface area (Å²) in [7, 11) is -3.52. The predicted octanol–water partition coefficient (Wildman–Crippen LogP) is 3.25. The molecule has 1 aliphatic rings. The van der Waals surface area contributed by atoms with Crippen LogP contribution < -0.4 is 0 Å². The number of aromatic nitrogens is 2. The predicted molar refractivity (Wildman–Crippen MR) is 113 cm³/mol. The number of H-pyrrole nitrogens is 1. The van der Waals surface area contributed by atoms with Crippen molar-refractivity contribution < 1.29 is 13.2 Å². The molecule has 4 rings (SSSR count). The van der Waals surface area contributed by atoms with Crippen LogP contribution >= 0.6 is 22.9 Å². The van der Waals surface area contributed by atoms with Crippen molar-refractivity contribution in [1.29, 1.82) is 0 Å². The van der Waals surface area contributed by atoms with Gasteiger partial charge in [-0.15, -0.1) is 11.3 Å². The van der Waals surface area contributed by atoms with E-state index in [-0.39, 0.29) is 19.0 Å². The number of thiophene rings is 1. The van der Waals surface area contributed by atoms with E-state index >= 15 is 0 Å². The molecule has 0 radical (unpaired) electrons. The zero-order valence-electron chi connectivity index (χ0n) is 15.6. The van der Waals surface area contributed by atoms with Crippen molar-refractivity contribution in [3.05, 3.63) is 58.1 Å². The number of aryl methyl sites for hydroxylation is 1. The first kappa shape index (κ1) is 20.1. The molecular formula is C19H19ClN4O3S2. The molecule has 0 bridgehead atoms. The summed E-state index contributed by atoms with van der Waals surface area (Å²) in [5.41, 5.74) is 1.89. The van der Waals surface area contributed by atoms with Crippen molar-refractivity contribution in [2.45, 2.75) is 11.1 Å². The zero-order valence-corrected chi connectivity index (χ0v) is 18.0. The molecule has 0 aliphatic carbocycles. The first-order valence-corrected chi connectivity index (χ1v) is 11.6. The smallest absolute Gasteiger partial charge is 0.257 e. The monoisotopic (exact) mass is 450 g/mol. The second-order valence-corrected chi connectivity index (χ2v) is 10.6. The van der Waals surface area contributed by atoms with Crippen molar-refractivity contribution in [3.8, 4) is 11.3 Å². The normalized spacial score (nSPS) is 15.6. The van der Waals surface area contributed by atoms with Crippen LogP contribution in [-0.2, 0) is 10.0 Å². The Morgan fingerprint density at radius 3 is 2.41 bits per heavy atom. The quantitative estimate of drug-likeness (QED) is 0.661. The van der Waals surface area contributed by atoms with E-state index in [9.17, 15) is 13.2 Å². The average Bonchev–Trinajstić information content (AvgIpc) is 3.38. The van der Waals surface area contributed by atoms with E-state index in [0.29, 0.717) is 33.6 Å². The summed E-state index contributed by atoms with van der Waals surface area (Å²) >= 11 is 7.20. The van der Waals surface area contributed by atoms with Gasteiger partial charge in [-0.25, -0.2) is 8.42 Å². The van der Waals surface area contributed by atoms with Gasteiger partial charge in [0.05, 0.1) is 17.5 Å². The maximum atomic E-state index is 13.0. The molecule has 7 nitrogen and oxygen atoms in total. The number of nitrogens with zero attached hydrogens (tertiary/aromatic N) is 3. The molecule has 3 aromatic rings. The summed E-state index contributed by atoms with van der Waals surface area (Å²) in [5, 5.41) is 7.51. The van der Waals surface area contributed by atoms with Crippen LogP contribution in [0.2, 0.25) is 5.02 Å². The third kappa shape index (κ3) is 3.95. The highest BCUT2D eigenvalue weighted by molar-refractivity contribution is 7.91. The number of sulfonamides is 1. The van der Waals surface area contributed by atoms with Crippen LogP contribution in [0.5, 0.6) is 0 Å². The molecule has 1 saturated heterocycles. The van der Waals surface area contributed by atoms with Crippen LogP contribution in [0.1, 0.15) is 15.2 Å². The molecule has 29 heavy (non-hydrogen) atoms. The Labute approximate surface area is 178 Å². The van der Waals surface area contributed by atoms with E-state index in [1.54, 1.807) is 29.2 Å². The minimum Gasteiger partial charge on any atom is -0.336 e. The minimum absolute atomic E-state index is 0.173. The van der Waals surface area contributed by atoms with Gasteiger partial charge in [0.2, 0.25) is 0 Å². The van der Waals surface area contributed by atoms with Gasteiger partial charge in [0.15, 0.2) is 0 Å². The zero-order chi connectivity index (χ0) is 20.6. The van der Waals surface area contributed by atoms with E-state index in [4.69, 9.17) is 11.6 Å². The number of halogens is 1. The summed E-state index contributed by atoms with van der Waals surface area (Å²) in [5.74, 6) is -0.173. The molecule has 1 aliphatic heterocycles. The van der Waals surface area contributed by atoms with E-state index in [2.05, 4.69) is 10.2 Å². The fourth-order valence-electron chi connectivity index (χ4n) is 3.26. The van der Waals surface area contributed by atoms with Gasteiger partial charge in [-0.05, 0) is 31.2 Å². The molecular weight excluding hydrogens is 432 g/mol. The number of hydrogen-bond acceptors (Lipinski definition) is 5. The lowest BCUT2D eigenvalue weighted by molar-refractivity contribution is 0.0699. The lowest BCUT2D eigenvalue weighted by Gasteiger charge is -2.33. The van der Waals surface area contributed by atoms with Crippen molar-refractivity contribution in [3.63, 3.8) is 0 Å². The standard InChI is InChI=1S/C19H19ClN4O3S2/c1-13-2-7-17(28-13)29(26,27)24-10-8-23(9-11-24)19(25)16-12-21-22-18(16)14-3-5-15(20)6-4-14/h2-7,12H,8-11H2,1H3,(H,21,22). The highest BCUT2D eigenvalue weighted by Gasteiger charge is 2.32. The van der Waals surface area contributed by atoms with Gasteiger partial charge in [0.25, 0.3) is 15.9 Å². The molecule has 1 amide bonds. The Hall–Kier alpha value is -2.20. The summed E-state index contributed by atoms with van der Waals surface area (Å²) in [6.45, 7) is 3.06. The van der Waals surface area contributed by atoms with Gasteiger partial charge in [-0.2, -0.15) is 9.40 Å². The van der Waals surface area contributed by atoms with Crippen LogP contribution in [0, 0.1) is 6.92 Å². The lowest BCUT2D eigenvalue weighted by Crippen LogP contribution is -2.50. The first-order valence-electron chi connectivity index (χ1n) is 9.01. The topological polar surface area (TPSA) is 86.4 Å². The second kappa shape index (κ2) is 7.91. The number of carbonyl (C=O) groups excluding carboxylic acids is 1. The van der Waals surface area contributed by atoms with E-state index in [0.717, 1.165) is 10.4 Å². The Morgan fingerprint density at radius 2 is 1.79 bits per heavy atom. The summed E-state index contributed by atoms with van der Waals surface area (Å²) in [6.07, 6.45) is 1.50. The Balaban J connectivity index is 1.48. The molecule has 1 N–H and O–H groups in total. The fourth-order valence-corrected chi connectivity index (χ4v) is 6.25. The molecule has 0 atom stereocenters. The lowest BCUT2D eigenvalue weighted by atomic mass is 10.1. The highest BCUT2D eigenvalue weighted by atomic mass is 35.5. The number of hydrogen-bond donors (Lipinski definition) is 1. The maximum Gasteiger partial charge on any atom is 0.257 e. The SMILES string of the molecule is Cc1ccc(S(=O)(=O)N2CCN(C(=O)c3cn[nH]c3-c3ccc(Cl)cc3)CC2)s1. The summed E-state index contributed by atoms with van der Waals surface area (Å²) < 4.78 is 27.3. The number of benzene rings is 1. The van der Waals surface area contributed by atoms with E-state index in [1.165, 1.54) is 21.8 Å². The van der Waals surface area contributed by atoms with Crippen LogP contribution in [0.3, 0.4) is 0 Å². The van der Waals surface area contributed by atoms with Crippen molar-refractivity contribution >= 4 is 38.9 Å². The number of carbonyl (C=O) groups is 1. The van der Waals surface area contributed by atoms with Crippen LogP contribution in [0.15, 0.2) is 46.8 Å². The average molecular weight is 451 g/mol. The third-order valence-electron chi connectivity index (χ3n) is 4.84. The van der Waals surface area contributed by atoms with Gasteiger partial charge in [-0.1, -0.05) is 23.7 Å². The van der Waals surface area contributed by atoms with E-state index in [1.807, 2.05) is 19.1 Å². The minimum atomic E-state index is -3.52. The molecule has 3 heterocycles. The van der Waals surface area contributed by atoms with Gasteiger partial charge in [0.1, 0.15) is 4.21 Å². The molecule has 1 aromatic carbocycles. The molecule has 0 unspecified atom stereocenters. The Kier molecular flexibility index (Phi) is 5.48. The van der Waals surface area contributed by atoms with Crippen LogP contribution in [-0.4, -0.2) is 59.9 Å². The molecule has 0 spiro atoms. The highest BCUT2D eigenvalue weighted by Crippen LogP contribution is 2.27. The molecule has 1 fully saturated rings. The molecule has 2 aromatic heterocycles. The second-order valence-electron chi connectivity index (χ2n) is 6.73. The Morgan fingerprint density at radius 1 is 1.10 bits per heavy atom. The van der Waals surface area contributed by atoms with Crippen LogP contribution in [0.4, 0.5) is 0 Å². The number of piperazine rings is 1. The first-order chi connectivity index (χ1) is 13.9. The number of nitrogens with one attached hydrogen (secondary N) is 1.